The lowest BCUT2D eigenvalue weighted by atomic mass is 10.3. The predicted octanol–water partition coefficient (Wildman–Crippen LogP) is 2.09. The second-order valence-electron chi connectivity index (χ2n) is 4.21. The van der Waals surface area contributed by atoms with Gasteiger partial charge < -0.3 is 9.88 Å². The van der Waals surface area contributed by atoms with E-state index in [1.807, 2.05) is 10.6 Å². The summed E-state index contributed by atoms with van der Waals surface area (Å²) in [6.07, 6.45) is 0.565. The number of imidazole rings is 1. The van der Waals surface area contributed by atoms with Crippen LogP contribution in [0.3, 0.4) is 0 Å². The molecule has 0 fully saturated rings. The Bertz CT molecular complexity index is 597. The fourth-order valence-corrected chi connectivity index (χ4v) is 2.20. The molecular formula is C13H15ClFN3O. The lowest BCUT2D eigenvalue weighted by Gasteiger charge is -2.08. The Morgan fingerprint density at radius 2 is 2.32 bits per heavy atom. The van der Waals surface area contributed by atoms with Crippen LogP contribution in [0.5, 0.6) is 0 Å². The highest BCUT2D eigenvalue weighted by molar-refractivity contribution is 6.17. The molecule has 0 aliphatic carbocycles. The van der Waals surface area contributed by atoms with Gasteiger partial charge in [0.15, 0.2) is 5.82 Å². The number of hydrogen-bond donors (Lipinski definition) is 1. The number of aromatic nitrogens is 2. The molecule has 0 atom stereocenters. The molecule has 0 saturated heterocycles. The average Bonchev–Trinajstić information content (AvgIpc) is 2.70. The van der Waals surface area contributed by atoms with Crippen LogP contribution in [0.4, 0.5) is 4.39 Å². The molecule has 0 unspecified atom stereocenters. The normalized spacial score (nSPS) is 10.9. The highest BCUT2D eigenvalue weighted by Crippen LogP contribution is 2.19. The van der Waals surface area contributed by atoms with Gasteiger partial charge in [-0.1, -0.05) is 6.07 Å². The molecule has 2 rings (SSSR count). The van der Waals surface area contributed by atoms with E-state index in [0.717, 1.165) is 11.3 Å². The number of hydrogen-bond acceptors (Lipinski definition) is 2. The van der Waals surface area contributed by atoms with Crippen molar-refractivity contribution in [1.29, 1.82) is 0 Å². The summed E-state index contributed by atoms with van der Waals surface area (Å²) in [7, 11) is 0. The summed E-state index contributed by atoms with van der Waals surface area (Å²) < 4.78 is 15.6. The van der Waals surface area contributed by atoms with Crippen LogP contribution in [0, 0.1) is 5.82 Å². The Hall–Kier alpha value is -1.62. The molecule has 1 N–H and O–H groups in total. The van der Waals surface area contributed by atoms with Crippen LogP contribution in [-0.4, -0.2) is 27.9 Å². The molecule has 4 nitrogen and oxygen atoms in total. The van der Waals surface area contributed by atoms with Crippen molar-refractivity contribution in [2.45, 2.75) is 19.9 Å². The zero-order valence-corrected chi connectivity index (χ0v) is 11.4. The summed E-state index contributed by atoms with van der Waals surface area (Å²) >= 11 is 5.74. The molecule has 19 heavy (non-hydrogen) atoms. The molecular weight excluding hydrogens is 269 g/mol. The average molecular weight is 284 g/mol. The van der Waals surface area contributed by atoms with Gasteiger partial charge in [-0.3, -0.25) is 4.79 Å². The van der Waals surface area contributed by atoms with Gasteiger partial charge in [0.05, 0.1) is 5.52 Å². The summed E-state index contributed by atoms with van der Waals surface area (Å²) in [5, 5.41) is 2.72. The minimum atomic E-state index is -0.341. The molecule has 0 bridgehead atoms. The van der Waals surface area contributed by atoms with E-state index in [-0.39, 0.29) is 11.7 Å². The van der Waals surface area contributed by atoms with Gasteiger partial charge in [-0.05, 0) is 12.1 Å². The monoisotopic (exact) mass is 283 g/mol. The van der Waals surface area contributed by atoms with E-state index < -0.39 is 0 Å². The van der Waals surface area contributed by atoms with Gasteiger partial charge in [0.1, 0.15) is 11.3 Å². The molecule has 6 heteroatoms. The third-order valence-electron chi connectivity index (χ3n) is 2.84. The molecule has 1 aromatic heterocycles. The Labute approximate surface area is 115 Å². The van der Waals surface area contributed by atoms with Crippen LogP contribution in [-0.2, 0) is 17.8 Å². The first kappa shape index (κ1) is 13.8. The summed E-state index contributed by atoms with van der Waals surface area (Å²) in [5.41, 5.74) is 1.08. The Kier molecular flexibility index (Phi) is 4.37. The van der Waals surface area contributed by atoms with E-state index in [4.69, 9.17) is 11.6 Å². The van der Waals surface area contributed by atoms with Crippen molar-refractivity contribution in [2.24, 2.45) is 0 Å². The zero-order chi connectivity index (χ0) is 13.8. The Balaban J connectivity index is 2.35. The van der Waals surface area contributed by atoms with Crippen molar-refractivity contribution >= 4 is 28.5 Å². The molecule has 102 valence electrons. The summed E-state index contributed by atoms with van der Waals surface area (Å²) in [6, 6.07) is 4.85. The molecule has 1 aromatic carbocycles. The smallest absolute Gasteiger partial charge is 0.216 e. The van der Waals surface area contributed by atoms with E-state index in [1.54, 1.807) is 6.07 Å². The Morgan fingerprint density at radius 3 is 3.00 bits per heavy atom. The molecule has 0 aliphatic heterocycles. The first-order valence-electron chi connectivity index (χ1n) is 6.07. The molecule has 0 radical (unpaired) electrons. The molecule has 2 aromatic rings. The van der Waals surface area contributed by atoms with Gasteiger partial charge in [-0.2, -0.15) is 0 Å². The minimum absolute atomic E-state index is 0.0884. The van der Waals surface area contributed by atoms with Crippen LogP contribution in [0.15, 0.2) is 18.2 Å². The largest absolute Gasteiger partial charge is 0.355 e. The number of carbonyl (C=O) groups is 1. The maximum atomic E-state index is 13.7. The van der Waals surface area contributed by atoms with E-state index >= 15 is 0 Å². The molecule has 0 spiro atoms. The van der Waals surface area contributed by atoms with Crippen molar-refractivity contribution in [1.82, 2.24) is 14.9 Å². The third-order valence-corrected chi connectivity index (χ3v) is 3.03. The van der Waals surface area contributed by atoms with Gasteiger partial charge in [0.25, 0.3) is 0 Å². The van der Waals surface area contributed by atoms with Crippen molar-refractivity contribution < 1.29 is 9.18 Å². The number of carbonyl (C=O) groups excluding carboxylic acids is 1. The van der Waals surface area contributed by atoms with Crippen LogP contribution >= 0.6 is 11.6 Å². The van der Waals surface area contributed by atoms with Gasteiger partial charge in [0.2, 0.25) is 5.91 Å². The highest BCUT2D eigenvalue weighted by atomic mass is 35.5. The van der Waals surface area contributed by atoms with Gasteiger partial charge in [0, 0.05) is 32.3 Å². The fourth-order valence-electron chi connectivity index (χ4n) is 2.03. The number of alkyl halides is 1. The minimum Gasteiger partial charge on any atom is -0.355 e. The van der Waals surface area contributed by atoms with Crippen molar-refractivity contribution in [2.75, 3.05) is 12.4 Å². The number of nitrogens with zero attached hydrogens (tertiary/aromatic N) is 2. The van der Waals surface area contributed by atoms with Crippen LogP contribution in [0.25, 0.3) is 11.0 Å². The van der Waals surface area contributed by atoms with Crippen LogP contribution in [0.1, 0.15) is 12.7 Å². The van der Waals surface area contributed by atoms with E-state index in [2.05, 4.69) is 10.3 Å². The lowest BCUT2D eigenvalue weighted by Crippen LogP contribution is -2.25. The van der Waals surface area contributed by atoms with E-state index in [1.165, 1.54) is 13.0 Å². The fraction of sp³-hybridized carbons (Fsp3) is 0.385. The van der Waals surface area contributed by atoms with E-state index in [0.29, 0.717) is 30.9 Å². The van der Waals surface area contributed by atoms with E-state index in [9.17, 15) is 9.18 Å². The topological polar surface area (TPSA) is 46.9 Å². The number of aryl methyl sites for hydroxylation is 1. The predicted molar refractivity (Wildman–Crippen MR) is 72.8 cm³/mol. The molecule has 0 aliphatic rings. The lowest BCUT2D eigenvalue weighted by molar-refractivity contribution is -0.118. The van der Waals surface area contributed by atoms with Gasteiger partial charge >= 0.3 is 0 Å². The first-order valence-corrected chi connectivity index (χ1v) is 6.61. The standard InChI is InChI=1S/C13H15ClFN3O/c1-9(19)16-7-8-18-11-4-2-3-10(15)13(11)17-12(18)5-6-14/h2-4H,5-8H2,1H3,(H,16,19). The Morgan fingerprint density at radius 1 is 1.53 bits per heavy atom. The number of halogens is 2. The number of benzene rings is 1. The molecule has 1 heterocycles. The summed E-state index contributed by atoms with van der Waals surface area (Å²) in [4.78, 5) is 15.2. The van der Waals surface area contributed by atoms with Crippen LogP contribution in [0.2, 0.25) is 0 Å². The third kappa shape index (κ3) is 3.04. The summed E-state index contributed by atoms with van der Waals surface area (Å²) in [6.45, 7) is 2.49. The number of para-hydroxylation sites is 1. The highest BCUT2D eigenvalue weighted by Gasteiger charge is 2.12. The SMILES string of the molecule is CC(=O)NCCn1c(CCCl)nc2c(F)cccc21. The maximum absolute atomic E-state index is 13.7. The number of amides is 1. The van der Waals surface area contributed by atoms with Crippen molar-refractivity contribution in [3.05, 3.63) is 29.8 Å². The van der Waals surface area contributed by atoms with Crippen molar-refractivity contribution in [3.8, 4) is 0 Å². The van der Waals surface area contributed by atoms with Crippen molar-refractivity contribution in [3.63, 3.8) is 0 Å². The van der Waals surface area contributed by atoms with Gasteiger partial charge in [-0.15, -0.1) is 11.6 Å². The summed E-state index contributed by atoms with van der Waals surface area (Å²) in [5.74, 6) is 0.729. The molecule has 0 saturated carbocycles. The first-order chi connectivity index (χ1) is 9.13. The second kappa shape index (κ2) is 6.02. The number of nitrogens with one attached hydrogen (secondary N) is 1. The number of rotatable bonds is 5. The van der Waals surface area contributed by atoms with Crippen LogP contribution < -0.4 is 5.32 Å². The molecule has 1 amide bonds. The number of fused-ring (bicyclic) bond motifs is 1. The van der Waals surface area contributed by atoms with Gasteiger partial charge in [-0.25, -0.2) is 9.37 Å². The zero-order valence-electron chi connectivity index (χ0n) is 10.6. The second-order valence-corrected chi connectivity index (χ2v) is 4.59. The maximum Gasteiger partial charge on any atom is 0.216 e. The quantitative estimate of drug-likeness (QED) is 0.854.